The highest BCUT2D eigenvalue weighted by atomic mass is 35.5. The fourth-order valence-electron chi connectivity index (χ4n) is 3.31. The summed E-state index contributed by atoms with van der Waals surface area (Å²) in [7, 11) is 1.65. The van der Waals surface area contributed by atoms with E-state index in [4.69, 9.17) is 11.6 Å². The minimum atomic E-state index is -0.357. The first-order chi connectivity index (χ1) is 15.6. The Kier molecular flexibility index (Phi) is 6.06. The van der Waals surface area contributed by atoms with Crippen molar-refractivity contribution < 1.29 is 9.59 Å². The van der Waals surface area contributed by atoms with Crippen LogP contribution in [-0.2, 0) is 18.4 Å². The molecule has 4 heterocycles. The number of nitrogens with one attached hydrogen (secondary N) is 1. The van der Waals surface area contributed by atoms with E-state index in [0.29, 0.717) is 35.1 Å². The molecule has 3 aromatic rings. The molecule has 0 spiro atoms. The van der Waals surface area contributed by atoms with Gasteiger partial charge in [0.25, 0.3) is 5.91 Å². The molecule has 0 saturated heterocycles. The molecule has 11 heteroatoms. The van der Waals surface area contributed by atoms with Crippen molar-refractivity contribution in [2.24, 2.45) is 0 Å². The van der Waals surface area contributed by atoms with Crippen molar-refractivity contribution in [3.8, 4) is 0 Å². The third kappa shape index (κ3) is 4.53. The molecule has 0 unspecified atom stereocenters. The minimum Gasteiger partial charge on any atom is -0.319 e. The normalized spacial score (nSPS) is 13.8. The van der Waals surface area contributed by atoms with E-state index in [1.807, 2.05) is 27.7 Å². The number of aryl methyl sites for hydroxylation is 1. The van der Waals surface area contributed by atoms with Crippen molar-refractivity contribution in [3.05, 3.63) is 51.1 Å². The van der Waals surface area contributed by atoms with E-state index in [9.17, 15) is 9.59 Å². The smallest absolute Gasteiger partial charge is 0.319 e. The predicted octanol–water partition coefficient (Wildman–Crippen LogP) is 4.67. The van der Waals surface area contributed by atoms with E-state index >= 15 is 0 Å². The first kappa shape index (κ1) is 23.1. The second-order valence-electron chi connectivity index (χ2n) is 8.69. The summed E-state index contributed by atoms with van der Waals surface area (Å²) >= 11 is 7.79. The van der Waals surface area contributed by atoms with Gasteiger partial charge in [-0.1, -0.05) is 39.3 Å². The Morgan fingerprint density at radius 3 is 2.67 bits per heavy atom. The Balaban J connectivity index is 1.60. The van der Waals surface area contributed by atoms with Crippen LogP contribution in [0.1, 0.15) is 54.6 Å². The van der Waals surface area contributed by atoms with Gasteiger partial charge in [0.05, 0.1) is 29.1 Å². The molecule has 0 saturated carbocycles. The SMILES string of the molecule is CCc1ncc2c(n1)N(C)C(=O)N(c1cc(NC(=O)c3csc(C(C)(C)C)n3)cnc1Cl)C2. The maximum absolute atomic E-state index is 13.1. The Morgan fingerprint density at radius 2 is 2.00 bits per heavy atom. The van der Waals surface area contributed by atoms with Crippen LogP contribution < -0.4 is 15.1 Å². The lowest BCUT2D eigenvalue weighted by Gasteiger charge is -2.34. The molecule has 172 valence electrons. The Hall–Kier alpha value is -3.11. The number of urea groups is 1. The van der Waals surface area contributed by atoms with Gasteiger partial charge in [-0.3, -0.25) is 14.6 Å². The van der Waals surface area contributed by atoms with E-state index in [-0.39, 0.29) is 29.1 Å². The van der Waals surface area contributed by atoms with Crippen LogP contribution in [-0.4, -0.2) is 38.9 Å². The number of thiazole rings is 1. The van der Waals surface area contributed by atoms with Crippen LogP contribution in [0.2, 0.25) is 5.15 Å². The van der Waals surface area contributed by atoms with Gasteiger partial charge in [0.2, 0.25) is 0 Å². The third-order valence-electron chi connectivity index (χ3n) is 5.12. The molecule has 9 nitrogen and oxygen atoms in total. The maximum atomic E-state index is 13.1. The lowest BCUT2D eigenvalue weighted by atomic mass is 9.98. The second kappa shape index (κ2) is 8.68. The van der Waals surface area contributed by atoms with E-state index in [2.05, 4.69) is 25.3 Å². The molecule has 3 amide bonds. The number of carbonyl (C=O) groups is 2. The van der Waals surface area contributed by atoms with Crippen molar-refractivity contribution >= 4 is 52.1 Å². The summed E-state index contributed by atoms with van der Waals surface area (Å²) < 4.78 is 0. The lowest BCUT2D eigenvalue weighted by molar-refractivity contribution is 0.102. The number of halogens is 1. The summed E-state index contributed by atoms with van der Waals surface area (Å²) in [6, 6.07) is 1.33. The van der Waals surface area contributed by atoms with Gasteiger partial charge in [-0.05, 0) is 6.07 Å². The van der Waals surface area contributed by atoms with Crippen molar-refractivity contribution in [3.63, 3.8) is 0 Å². The van der Waals surface area contributed by atoms with Gasteiger partial charge >= 0.3 is 6.03 Å². The zero-order chi connectivity index (χ0) is 23.9. The molecule has 4 rings (SSSR count). The number of carbonyl (C=O) groups excluding carboxylic acids is 2. The topological polar surface area (TPSA) is 104 Å². The lowest BCUT2D eigenvalue weighted by Crippen LogP contribution is -2.46. The second-order valence-corrected chi connectivity index (χ2v) is 9.91. The molecule has 0 atom stereocenters. The zero-order valence-electron chi connectivity index (χ0n) is 19.0. The number of anilines is 3. The molecule has 1 N–H and O–H groups in total. The Bertz CT molecular complexity index is 1240. The molecule has 3 aromatic heterocycles. The Labute approximate surface area is 200 Å². The number of rotatable bonds is 4. The first-order valence-corrected chi connectivity index (χ1v) is 11.7. The molecule has 1 aliphatic rings. The summed E-state index contributed by atoms with van der Waals surface area (Å²) in [4.78, 5) is 46.2. The van der Waals surface area contributed by atoms with E-state index < -0.39 is 0 Å². The highest BCUT2D eigenvalue weighted by molar-refractivity contribution is 7.10. The molecule has 0 bridgehead atoms. The molecule has 33 heavy (non-hydrogen) atoms. The number of nitrogens with zero attached hydrogens (tertiary/aromatic N) is 6. The Morgan fingerprint density at radius 1 is 1.24 bits per heavy atom. The first-order valence-electron chi connectivity index (χ1n) is 10.4. The van der Waals surface area contributed by atoms with Crippen LogP contribution in [0.4, 0.5) is 22.0 Å². The van der Waals surface area contributed by atoms with Crippen LogP contribution in [0.15, 0.2) is 23.8 Å². The monoisotopic (exact) mass is 485 g/mol. The molecule has 0 aromatic carbocycles. The van der Waals surface area contributed by atoms with Gasteiger partial charge in [0, 0.05) is 36.0 Å². The standard InChI is InChI=1S/C22H24ClN7O2S/c1-6-16-24-8-12-10-30(21(32)29(5)18(12)28-16)15-7-13(9-25-17(15)23)26-19(31)14-11-33-20(27-14)22(2,3)4/h7-9,11H,6,10H2,1-5H3,(H,26,31). The summed E-state index contributed by atoms with van der Waals surface area (Å²) in [6.07, 6.45) is 3.84. The third-order valence-corrected chi connectivity index (χ3v) is 6.68. The maximum Gasteiger partial charge on any atom is 0.330 e. The number of aromatic nitrogens is 4. The summed E-state index contributed by atoms with van der Waals surface area (Å²) in [5.41, 5.74) is 1.76. The van der Waals surface area contributed by atoms with Gasteiger partial charge < -0.3 is 5.32 Å². The summed E-state index contributed by atoms with van der Waals surface area (Å²) in [6.45, 7) is 8.33. The van der Waals surface area contributed by atoms with Crippen molar-refractivity contribution in [1.82, 2.24) is 19.9 Å². The van der Waals surface area contributed by atoms with Crippen LogP contribution in [0.25, 0.3) is 0 Å². The van der Waals surface area contributed by atoms with Gasteiger partial charge in [-0.2, -0.15) is 0 Å². The summed E-state index contributed by atoms with van der Waals surface area (Å²) in [5, 5.41) is 5.54. The molecule has 0 aliphatic carbocycles. The number of pyridine rings is 1. The van der Waals surface area contributed by atoms with Gasteiger partial charge in [0.15, 0.2) is 5.15 Å². The summed E-state index contributed by atoms with van der Waals surface area (Å²) in [5.74, 6) is 0.891. The molecule has 1 aliphatic heterocycles. The quantitative estimate of drug-likeness (QED) is 0.538. The van der Waals surface area contributed by atoms with Crippen LogP contribution in [0.5, 0.6) is 0 Å². The number of fused-ring (bicyclic) bond motifs is 1. The largest absolute Gasteiger partial charge is 0.330 e. The van der Waals surface area contributed by atoms with Crippen molar-refractivity contribution in [1.29, 1.82) is 0 Å². The van der Waals surface area contributed by atoms with Crippen LogP contribution in [0.3, 0.4) is 0 Å². The molecule has 0 fully saturated rings. The van der Waals surface area contributed by atoms with Gasteiger partial charge in [-0.25, -0.2) is 24.7 Å². The number of hydrogen-bond acceptors (Lipinski definition) is 7. The van der Waals surface area contributed by atoms with Crippen LogP contribution in [0, 0.1) is 0 Å². The highest BCUT2D eigenvalue weighted by Crippen LogP contribution is 2.34. The van der Waals surface area contributed by atoms with E-state index in [1.54, 1.807) is 24.7 Å². The fraction of sp³-hybridized carbons (Fsp3) is 0.364. The average Bonchev–Trinajstić information content (AvgIpc) is 3.29. The van der Waals surface area contributed by atoms with E-state index in [0.717, 1.165) is 10.6 Å². The fourth-order valence-corrected chi connectivity index (χ4v) is 4.41. The molecular formula is C22H24ClN7O2S. The highest BCUT2D eigenvalue weighted by Gasteiger charge is 2.32. The minimum absolute atomic E-state index is 0.142. The van der Waals surface area contributed by atoms with E-state index in [1.165, 1.54) is 27.3 Å². The zero-order valence-corrected chi connectivity index (χ0v) is 20.6. The van der Waals surface area contributed by atoms with Gasteiger partial charge in [0.1, 0.15) is 17.3 Å². The van der Waals surface area contributed by atoms with Crippen molar-refractivity contribution in [2.75, 3.05) is 22.2 Å². The molecular weight excluding hydrogens is 462 g/mol. The number of hydrogen-bond donors (Lipinski definition) is 1. The van der Waals surface area contributed by atoms with Crippen molar-refractivity contribution in [2.45, 2.75) is 46.1 Å². The number of amides is 3. The average molecular weight is 486 g/mol. The molecule has 0 radical (unpaired) electrons. The van der Waals surface area contributed by atoms with Gasteiger partial charge in [-0.15, -0.1) is 11.3 Å². The van der Waals surface area contributed by atoms with Crippen LogP contribution >= 0.6 is 22.9 Å². The predicted molar refractivity (Wildman–Crippen MR) is 129 cm³/mol.